The molecule has 1 aromatic heterocycles. The van der Waals surface area contributed by atoms with Crippen LogP contribution in [0, 0.1) is 18.7 Å². The van der Waals surface area contributed by atoms with Gasteiger partial charge >= 0.3 is 6.01 Å². The van der Waals surface area contributed by atoms with Gasteiger partial charge in [-0.2, -0.15) is 0 Å². The monoisotopic (exact) mass is 408 g/mol. The number of benzene rings is 2. The van der Waals surface area contributed by atoms with Crippen LogP contribution in [-0.4, -0.2) is 29.2 Å². The van der Waals surface area contributed by atoms with Crippen LogP contribution in [0.3, 0.4) is 0 Å². The molecule has 1 saturated heterocycles. The van der Waals surface area contributed by atoms with Gasteiger partial charge in [0.05, 0.1) is 6.04 Å². The van der Waals surface area contributed by atoms with Crippen LogP contribution in [0.4, 0.5) is 10.4 Å². The first-order chi connectivity index (χ1) is 14.5. The van der Waals surface area contributed by atoms with Crippen molar-refractivity contribution in [3.05, 3.63) is 65.5 Å². The predicted octanol–water partition coefficient (Wildman–Crippen LogP) is 4.28. The van der Waals surface area contributed by atoms with E-state index in [0.717, 1.165) is 11.1 Å². The van der Waals surface area contributed by atoms with Gasteiger partial charge in [0.1, 0.15) is 5.82 Å². The number of nitrogens with one attached hydrogen (secondary N) is 1. The molecule has 1 fully saturated rings. The lowest BCUT2D eigenvalue weighted by atomic mass is 9.95. The van der Waals surface area contributed by atoms with E-state index in [1.165, 1.54) is 17.7 Å². The van der Waals surface area contributed by atoms with Gasteiger partial charge in [-0.3, -0.25) is 4.79 Å². The Balaban J connectivity index is 1.32. The van der Waals surface area contributed by atoms with Crippen molar-refractivity contribution in [2.45, 2.75) is 32.7 Å². The quantitative estimate of drug-likeness (QED) is 0.682. The number of carbonyl (C=O) groups excluding carboxylic acids is 1. The van der Waals surface area contributed by atoms with Gasteiger partial charge in [-0.15, -0.1) is 5.10 Å². The lowest BCUT2D eigenvalue weighted by Gasteiger charge is -2.30. The number of hydrogen-bond acceptors (Lipinski definition) is 5. The Bertz CT molecular complexity index is 993. The summed E-state index contributed by atoms with van der Waals surface area (Å²) in [5.41, 5.74) is 2.95. The van der Waals surface area contributed by atoms with Crippen LogP contribution in [0.15, 0.2) is 52.9 Å². The van der Waals surface area contributed by atoms with Gasteiger partial charge < -0.3 is 14.6 Å². The highest BCUT2D eigenvalue weighted by Gasteiger charge is 2.28. The van der Waals surface area contributed by atoms with Crippen LogP contribution < -0.4 is 10.2 Å². The van der Waals surface area contributed by atoms with E-state index in [4.69, 9.17) is 4.42 Å². The molecule has 2 heterocycles. The van der Waals surface area contributed by atoms with Crippen molar-refractivity contribution >= 4 is 11.9 Å². The molecule has 0 radical (unpaired) electrons. The first-order valence-electron chi connectivity index (χ1n) is 10.2. The van der Waals surface area contributed by atoms with Crippen LogP contribution in [0.25, 0.3) is 11.5 Å². The van der Waals surface area contributed by atoms with Gasteiger partial charge in [-0.25, -0.2) is 4.39 Å². The van der Waals surface area contributed by atoms with Crippen molar-refractivity contribution in [3.63, 3.8) is 0 Å². The topological polar surface area (TPSA) is 71.3 Å². The van der Waals surface area contributed by atoms with Crippen LogP contribution in [-0.2, 0) is 4.79 Å². The third kappa shape index (κ3) is 4.50. The highest BCUT2D eigenvalue weighted by Crippen LogP contribution is 2.26. The molecule has 0 spiro atoms. The summed E-state index contributed by atoms with van der Waals surface area (Å²) in [7, 11) is 0. The maximum atomic E-state index is 13.1. The van der Waals surface area contributed by atoms with E-state index < -0.39 is 0 Å². The molecule has 1 aliphatic rings. The van der Waals surface area contributed by atoms with Crippen molar-refractivity contribution in [2.75, 3.05) is 18.0 Å². The van der Waals surface area contributed by atoms with E-state index >= 15 is 0 Å². The summed E-state index contributed by atoms with van der Waals surface area (Å²) in [4.78, 5) is 14.7. The summed E-state index contributed by atoms with van der Waals surface area (Å²) < 4.78 is 18.9. The smallest absolute Gasteiger partial charge is 0.318 e. The lowest BCUT2D eigenvalue weighted by molar-refractivity contribution is -0.126. The van der Waals surface area contributed by atoms with Crippen molar-refractivity contribution in [1.82, 2.24) is 15.5 Å². The summed E-state index contributed by atoms with van der Waals surface area (Å²) in [5.74, 6) is 0.176. The van der Waals surface area contributed by atoms with E-state index in [9.17, 15) is 9.18 Å². The molecule has 0 bridgehead atoms. The molecule has 1 amide bonds. The predicted molar refractivity (Wildman–Crippen MR) is 112 cm³/mol. The molecule has 3 aromatic rings. The number of hydrogen-bond donors (Lipinski definition) is 1. The first-order valence-corrected chi connectivity index (χ1v) is 10.2. The molecule has 1 aliphatic heterocycles. The zero-order chi connectivity index (χ0) is 21.1. The Morgan fingerprint density at radius 1 is 1.10 bits per heavy atom. The Morgan fingerprint density at radius 3 is 2.43 bits per heavy atom. The number of halogens is 1. The second-order valence-corrected chi connectivity index (χ2v) is 7.80. The molecule has 1 unspecified atom stereocenters. The highest BCUT2D eigenvalue weighted by molar-refractivity contribution is 5.79. The maximum absolute atomic E-state index is 13.1. The van der Waals surface area contributed by atoms with E-state index in [2.05, 4.69) is 15.5 Å². The molecule has 0 aliphatic carbocycles. The van der Waals surface area contributed by atoms with Gasteiger partial charge in [-0.1, -0.05) is 34.9 Å². The Labute approximate surface area is 175 Å². The van der Waals surface area contributed by atoms with Crippen molar-refractivity contribution < 1.29 is 13.6 Å². The fraction of sp³-hybridized carbons (Fsp3) is 0.348. The number of aryl methyl sites for hydroxylation is 1. The van der Waals surface area contributed by atoms with Crippen molar-refractivity contribution in [1.29, 1.82) is 0 Å². The lowest BCUT2D eigenvalue weighted by Crippen LogP contribution is -2.41. The van der Waals surface area contributed by atoms with Crippen molar-refractivity contribution in [2.24, 2.45) is 5.92 Å². The average molecular weight is 408 g/mol. The largest absolute Gasteiger partial charge is 0.403 e. The number of carbonyl (C=O) groups is 1. The normalized spacial score (nSPS) is 15.8. The molecule has 6 nitrogen and oxygen atoms in total. The Kier molecular flexibility index (Phi) is 5.79. The molecule has 4 rings (SSSR count). The Morgan fingerprint density at radius 2 is 1.77 bits per heavy atom. The second kappa shape index (κ2) is 8.65. The SMILES string of the molecule is Cc1ccc(-c2nnc(N3CCC(C(=O)NC(C)c4ccc(F)cc4)CC3)o2)cc1. The minimum absolute atomic E-state index is 0.0253. The standard InChI is InChI=1S/C23H25FN4O2/c1-15-3-5-19(6-4-15)22-26-27-23(30-22)28-13-11-18(12-14-28)21(29)25-16(2)17-7-9-20(24)10-8-17/h3-10,16,18H,11-14H2,1-2H3,(H,25,29). The fourth-order valence-corrected chi connectivity index (χ4v) is 3.66. The Hall–Kier alpha value is -3.22. The highest BCUT2D eigenvalue weighted by atomic mass is 19.1. The molecule has 0 saturated carbocycles. The fourth-order valence-electron chi connectivity index (χ4n) is 3.66. The van der Waals surface area contributed by atoms with Crippen LogP contribution in [0.2, 0.25) is 0 Å². The summed E-state index contributed by atoms with van der Waals surface area (Å²) in [6.45, 7) is 5.30. The van der Waals surface area contributed by atoms with E-state index in [1.807, 2.05) is 43.0 Å². The third-order valence-corrected chi connectivity index (χ3v) is 5.58. The third-order valence-electron chi connectivity index (χ3n) is 5.58. The number of piperidine rings is 1. The van der Waals surface area contributed by atoms with E-state index in [0.29, 0.717) is 37.8 Å². The van der Waals surface area contributed by atoms with Gasteiger partial charge in [0, 0.05) is 24.6 Å². The number of anilines is 1. The van der Waals surface area contributed by atoms with E-state index in [1.54, 1.807) is 12.1 Å². The second-order valence-electron chi connectivity index (χ2n) is 7.80. The average Bonchev–Trinajstić information content (AvgIpc) is 3.25. The van der Waals surface area contributed by atoms with Gasteiger partial charge in [0.2, 0.25) is 11.8 Å². The van der Waals surface area contributed by atoms with Crippen LogP contribution in [0.5, 0.6) is 0 Å². The molecule has 30 heavy (non-hydrogen) atoms. The number of rotatable bonds is 5. The van der Waals surface area contributed by atoms with E-state index in [-0.39, 0.29) is 23.7 Å². The van der Waals surface area contributed by atoms with Gasteiger partial charge in [0.25, 0.3) is 0 Å². The minimum Gasteiger partial charge on any atom is -0.403 e. The van der Waals surface area contributed by atoms with Crippen LogP contribution >= 0.6 is 0 Å². The first kappa shape index (κ1) is 20.1. The molecule has 7 heteroatoms. The summed E-state index contributed by atoms with van der Waals surface area (Å²) in [6.07, 6.45) is 1.43. The van der Waals surface area contributed by atoms with Crippen molar-refractivity contribution in [3.8, 4) is 11.5 Å². The van der Waals surface area contributed by atoms with Gasteiger partial charge in [-0.05, 0) is 56.5 Å². The molecule has 1 N–H and O–H groups in total. The molecule has 2 aromatic carbocycles. The number of nitrogens with zero attached hydrogens (tertiary/aromatic N) is 3. The summed E-state index contributed by atoms with van der Waals surface area (Å²) in [5, 5.41) is 11.4. The van der Waals surface area contributed by atoms with Gasteiger partial charge in [0.15, 0.2) is 0 Å². The maximum Gasteiger partial charge on any atom is 0.318 e. The number of amides is 1. The van der Waals surface area contributed by atoms with Crippen LogP contribution in [0.1, 0.15) is 36.9 Å². The molecular formula is C23H25FN4O2. The minimum atomic E-state index is -0.281. The molecule has 156 valence electrons. The number of aromatic nitrogens is 2. The zero-order valence-corrected chi connectivity index (χ0v) is 17.1. The molecular weight excluding hydrogens is 383 g/mol. The zero-order valence-electron chi connectivity index (χ0n) is 17.1. The summed E-state index contributed by atoms with van der Waals surface area (Å²) in [6, 6.07) is 14.5. The summed E-state index contributed by atoms with van der Waals surface area (Å²) >= 11 is 0. The molecule has 1 atom stereocenters.